The average Bonchev–Trinajstić information content (AvgIpc) is 2.52. The van der Waals surface area contributed by atoms with E-state index in [1.54, 1.807) is 23.6 Å². The highest BCUT2D eigenvalue weighted by Crippen LogP contribution is 2.30. The van der Waals surface area contributed by atoms with E-state index in [0.29, 0.717) is 16.3 Å². The summed E-state index contributed by atoms with van der Waals surface area (Å²) in [4.78, 5) is 10.9. The standard InChI is InChI=1S/C11H11ClN2O2/c1-6-8(12)7-4-2-3-5-14(7)10(6)9(13)11(15)16/h2-5,9H,13H2,1H3,(H,15,16). The molecule has 2 aromatic rings. The van der Waals surface area contributed by atoms with Gasteiger partial charge in [-0.3, -0.25) is 4.79 Å². The van der Waals surface area contributed by atoms with Gasteiger partial charge in [0, 0.05) is 6.20 Å². The van der Waals surface area contributed by atoms with E-state index in [-0.39, 0.29) is 0 Å². The highest BCUT2D eigenvalue weighted by Gasteiger charge is 2.23. The van der Waals surface area contributed by atoms with Crippen molar-refractivity contribution in [3.63, 3.8) is 0 Å². The van der Waals surface area contributed by atoms with Gasteiger partial charge in [0.15, 0.2) is 0 Å². The van der Waals surface area contributed by atoms with Gasteiger partial charge in [0.25, 0.3) is 0 Å². The lowest BCUT2D eigenvalue weighted by Gasteiger charge is -2.08. The number of carboxylic acid groups (broad SMARTS) is 1. The average molecular weight is 239 g/mol. The number of rotatable bonds is 2. The largest absolute Gasteiger partial charge is 0.480 e. The van der Waals surface area contributed by atoms with Crippen LogP contribution in [0.4, 0.5) is 0 Å². The molecule has 2 rings (SSSR count). The van der Waals surface area contributed by atoms with Crippen molar-refractivity contribution in [1.29, 1.82) is 0 Å². The highest BCUT2D eigenvalue weighted by atomic mass is 35.5. The molecule has 1 unspecified atom stereocenters. The molecule has 0 saturated carbocycles. The quantitative estimate of drug-likeness (QED) is 0.841. The van der Waals surface area contributed by atoms with Crippen LogP contribution in [-0.4, -0.2) is 15.5 Å². The Morgan fingerprint density at radius 3 is 2.88 bits per heavy atom. The van der Waals surface area contributed by atoms with Crippen LogP contribution in [0.15, 0.2) is 24.4 Å². The zero-order valence-corrected chi connectivity index (χ0v) is 9.40. The number of hydrogen-bond acceptors (Lipinski definition) is 2. The molecule has 2 heterocycles. The molecule has 0 spiro atoms. The minimum atomic E-state index is -1.07. The van der Waals surface area contributed by atoms with Gasteiger partial charge in [0.05, 0.1) is 16.2 Å². The number of aliphatic carboxylic acids is 1. The smallest absolute Gasteiger partial charge is 0.326 e. The first-order valence-electron chi connectivity index (χ1n) is 4.77. The van der Waals surface area contributed by atoms with Crippen LogP contribution in [0, 0.1) is 6.92 Å². The number of hydrogen-bond donors (Lipinski definition) is 2. The fourth-order valence-electron chi connectivity index (χ4n) is 1.82. The molecule has 3 N–H and O–H groups in total. The Balaban J connectivity index is 2.78. The monoisotopic (exact) mass is 238 g/mol. The second-order valence-corrected chi connectivity index (χ2v) is 3.97. The summed E-state index contributed by atoms with van der Waals surface area (Å²) in [7, 11) is 0. The molecular weight excluding hydrogens is 228 g/mol. The molecule has 0 aliphatic heterocycles. The van der Waals surface area contributed by atoms with Crippen LogP contribution in [0.1, 0.15) is 17.3 Å². The van der Waals surface area contributed by atoms with Crippen LogP contribution >= 0.6 is 11.6 Å². The van der Waals surface area contributed by atoms with Crippen molar-refractivity contribution in [1.82, 2.24) is 4.40 Å². The van der Waals surface area contributed by atoms with Gasteiger partial charge in [-0.1, -0.05) is 17.7 Å². The third-order valence-electron chi connectivity index (χ3n) is 2.62. The fraction of sp³-hybridized carbons (Fsp3) is 0.182. The van der Waals surface area contributed by atoms with E-state index >= 15 is 0 Å². The maximum absolute atomic E-state index is 10.9. The number of fused-ring (bicyclic) bond motifs is 1. The Hall–Kier alpha value is -1.52. The minimum Gasteiger partial charge on any atom is -0.480 e. The first-order chi connectivity index (χ1) is 7.54. The number of pyridine rings is 1. The molecule has 84 valence electrons. The van der Waals surface area contributed by atoms with E-state index < -0.39 is 12.0 Å². The van der Waals surface area contributed by atoms with Crippen molar-refractivity contribution >= 4 is 23.1 Å². The summed E-state index contributed by atoms with van der Waals surface area (Å²) in [5.41, 5.74) is 7.64. The number of aromatic nitrogens is 1. The number of nitrogens with two attached hydrogens (primary N) is 1. The number of nitrogens with zero attached hydrogens (tertiary/aromatic N) is 1. The van der Waals surface area contributed by atoms with Crippen LogP contribution in [-0.2, 0) is 4.79 Å². The van der Waals surface area contributed by atoms with E-state index in [9.17, 15) is 4.79 Å². The van der Waals surface area contributed by atoms with Crippen LogP contribution in [0.3, 0.4) is 0 Å². The molecule has 0 radical (unpaired) electrons. The molecular formula is C11H11ClN2O2. The van der Waals surface area contributed by atoms with E-state index in [4.69, 9.17) is 22.4 Å². The Morgan fingerprint density at radius 1 is 1.56 bits per heavy atom. The van der Waals surface area contributed by atoms with Crippen molar-refractivity contribution in [2.24, 2.45) is 5.73 Å². The van der Waals surface area contributed by atoms with Crippen molar-refractivity contribution < 1.29 is 9.90 Å². The predicted molar refractivity (Wildman–Crippen MR) is 61.7 cm³/mol. The molecule has 5 heteroatoms. The van der Waals surface area contributed by atoms with E-state index in [0.717, 1.165) is 5.52 Å². The van der Waals surface area contributed by atoms with E-state index in [2.05, 4.69) is 0 Å². The molecule has 16 heavy (non-hydrogen) atoms. The van der Waals surface area contributed by atoms with Crippen LogP contribution in [0.2, 0.25) is 5.02 Å². The fourth-order valence-corrected chi connectivity index (χ4v) is 2.07. The second-order valence-electron chi connectivity index (χ2n) is 3.60. The summed E-state index contributed by atoms with van der Waals surface area (Å²) >= 11 is 6.13. The number of carboxylic acids is 1. The van der Waals surface area contributed by atoms with Gasteiger partial charge in [0.2, 0.25) is 0 Å². The van der Waals surface area contributed by atoms with Crippen LogP contribution in [0.5, 0.6) is 0 Å². The molecule has 0 saturated heterocycles. The lowest BCUT2D eigenvalue weighted by Crippen LogP contribution is -2.23. The molecule has 4 nitrogen and oxygen atoms in total. The molecule has 0 aliphatic rings. The summed E-state index contributed by atoms with van der Waals surface area (Å²) in [6.07, 6.45) is 1.76. The first-order valence-corrected chi connectivity index (χ1v) is 5.15. The second kappa shape index (κ2) is 3.81. The third-order valence-corrected chi connectivity index (χ3v) is 3.10. The normalized spacial score (nSPS) is 12.9. The Kier molecular flexibility index (Phi) is 2.61. The maximum Gasteiger partial charge on any atom is 0.326 e. The molecule has 0 bridgehead atoms. The SMILES string of the molecule is Cc1c(Cl)c2ccccn2c1C(N)C(=O)O. The zero-order chi connectivity index (χ0) is 11.9. The number of halogens is 1. The van der Waals surface area contributed by atoms with Crippen molar-refractivity contribution in [3.8, 4) is 0 Å². The van der Waals surface area contributed by atoms with Gasteiger partial charge in [-0.05, 0) is 24.6 Å². The number of carbonyl (C=O) groups is 1. The lowest BCUT2D eigenvalue weighted by atomic mass is 10.1. The molecule has 1 atom stereocenters. The predicted octanol–water partition coefficient (Wildman–Crippen LogP) is 1.99. The van der Waals surface area contributed by atoms with Gasteiger partial charge in [-0.2, -0.15) is 0 Å². The lowest BCUT2D eigenvalue weighted by molar-refractivity contribution is -0.138. The molecule has 0 amide bonds. The van der Waals surface area contributed by atoms with Crippen molar-refractivity contribution in [2.75, 3.05) is 0 Å². The van der Waals surface area contributed by atoms with Gasteiger partial charge >= 0.3 is 5.97 Å². The summed E-state index contributed by atoms with van der Waals surface area (Å²) < 4.78 is 1.72. The van der Waals surface area contributed by atoms with Gasteiger partial charge in [-0.15, -0.1) is 0 Å². The Morgan fingerprint density at radius 2 is 2.25 bits per heavy atom. The van der Waals surface area contributed by atoms with Crippen LogP contribution < -0.4 is 5.73 Å². The zero-order valence-electron chi connectivity index (χ0n) is 8.64. The van der Waals surface area contributed by atoms with Crippen molar-refractivity contribution in [3.05, 3.63) is 40.7 Å². The topological polar surface area (TPSA) is 67.7 Å². The summed E-state index contributed by atoms with van der Waals surface area (Å²) in [5, 5.41) is 9.50. The summed E-state index contributed by atoms with van der Waals surface area (Å²) in [6.45, 7) is 1.77. The molecule has 2 aromatic heterocycles. The summed E-state index contributed by atoms with van der Waals surface area (Å²) in [6, 6.07) is 4.41. The summed E-state index contributed by atoms with van der Waals surface area (Å²) in [5.74, 6) is -1.07. The van der Waals surface area contributed by atoms with Crippen molar-refractivity contribution in [2.45, 2.75) is 13.0 Å². The highest BCUT2D eigenvalue weighted by molar-refractivity contribution is 6.35. The Bertz CT molecular complexity index is 562. The van der Waals surface area contributed by atoms with Gasteiger partial charge in [0.1, 0.15) is 6.04 Å². The molecule has 0 aromatic carbocycles. The molecule has 0 fully saturated rings. The maximum atomic E-state index is 10.9. The van der Waals surface area contributed by atoms with E-state index in [1.165, 1.54) is 0 Å². The minimum absolute atomic E-state index is 0.521. The van der Waals surface area contributed by atoms with Gasteiger partial charge < -0.3 is 15.2 Å². The Labute approximate surface area is 97.2 Å². The first kappa shape index (κ1) is 11.0. The van der Waals surface area contributed by atoms with Crippen LogP contribution in [0.25, 0.3) is 5.52 Å². The van der Waals surface area contributed by atoms with E-state index in [1.807, 2.05) is 12.1 Å². The van der Waals surface area contributed by atoms with Gasteiger partial charge in [-0.25, -0.2) is 0 Å². The molecule has 0 aliphatic carbocycles. The third kappa shape index (κ3) is 1.47.